The summed E-state index contributed by atoms with van der Waals surface area (Å²) in [5.74, 6) is 3.20. The molecule has 1 aliphatic heterocycles. The number of aliphatic hydroxyl groups is 1. The molecule has 1 fully saturated rings. The van der Waals surface area contributed by atoms with Crippen molar-refractivity contribution in [3.8, 4) is 0 Å². The summed E-state index contributed by atoms with van der Waals surface area (Å²) in [6.07, 6.45) is 1.27. The minimum atomic E-state index is 0.205. The van der Waals surface area contributed by atoms with Gasteiger partial charge in [0.15, 0.2) is 0 Å². The first kappa shape index (κ1) is 10.3. The van der Waals surface area contributed by atoms with E-state index in [2.05, 4.69) is 5.32 Å². The summed E-state index contributed by atoms with van der Waals surface area (Å²) in [7, 11) is 0. The molecule has 1 aliphatic rings. The number of hydrogen-bond acceptors (Lipinski definition) is 4. The van der Waals surface area contributed by atoms with E-state index in [1.807, 2.05) is 11.8 Å². The standard InChI is InChI=1S/C8H18N2OS/c9-5-8(10-2-3-11)7-1-4-12-6-7/h7-8,10-11H,1-6,9H2. The summed E-state index contributed by atoms with van der Waals surface area (Å²) in [4.78, 5) is 0. The topological polar surface area (TPSA) is 58.3 Å². The average Bonchev–Trinajstić information content (AvgIpc) is 2.59. The first-order valence-corrected chi connectivity index (χ1v) is 5.66. The Bertz CT molecular complexity index is 118. The molecule has 2 unspecified atom stereocenters. The summed E-state index contributed by atoms with van der Waals surface area (Å²) >= 11 is 2.00. The molecule has 0 aliphatic carbocycles. The van der Waals surface area contributed by atoms with Gasteiger partial charge in [-0.3, -0.25) is 0 Å². The highest BCUT2D eigenvalue weighted by Crippen LogP contribution is 2.25. The Hall–Kier alpha value is 0.230. The lowest BCUT2D eigenvalue weighted by atomic mass is 9.99. The van der Waals surface area contributed by atoms with Gasteiger partial charge >= 0.3 is 0 Å². The fourth-order valence-corrected chi connectivity index (χ4v) is 2.90. The smallest absolute Gasteiger partial charge is 0.0556 e. The summed E-state index contributed by atoms with van der Waals surface area (Å²) < 4.78 is 0. The van der Waals surface area contributed by atoms with Gasteiger partial charge in [-0.25, -0.2) is 0 Å². The quantitative estimate of drug-likeness (QED) is 0.554. The van der Waals surface area contributed by atoms with Crippen LogP contribution in [-0.4, -0.2) is 42.4 Å². The van der Waals surface area contributed by atoms with Crippen molar-refractivity contribution in [2.45, 2.75) is 12.5 Å². The molecule has 1 saturated heterocycles. The zero-order valence-electron chi connectivity index (χ0n) is 7.33. The molecule has 3 nitrogen and oxygen atoms in total. The van der Waals surface area contributed by atoms with Crippen LogP contribution in [-0.2, 0) is 0 Å². The van der Waals surface area contributed by atoms with E-state index in [4.69, 9.17) is 10.8 Å². The molecule has 1 rings (SSSR count). The van der Waals surface area contributed by atoms with E-state index in [1.54, 1.807) is 0 Å². The Morgan fingerprint density at radius 1 is 1.67 bits per heavy atom. The molecule has 0 aromatic carbocycles. The van der Waals surface area contributed by atoms with Crippen molar-refractivity contribution in [1.29, 1.82) is 0 Å². The maximum absolute atomic E-state index is 8.64. The molecule has 1 heterocycles. The molecule has 0 radical (unpaired) electrons. The summed E-state index contributed by atoms with van der Waals surface area (Å²) in [6.45, 7) is 1.56. The van der Waals surface area contributed by atoms with Crippen molar-refractivity contribution < 1.29 is 5.11 Å². The Balaban J connectivity index is 2.22. The Labute approximate surface area is 78.1 Å². The van der Waals surface area contributed by atoms with Crippen molar-refractivity contribution in [2.75, 3.05) is 31.2 Å². The zero-order valence-corrected chi connectivity index (χ0v) is 8.15. The molecule has 12 heavy (non-hydrogen) atoms. The van der Waals surface area contributed by atoms with Gasteiger partial charge in [0.1, 0.15) is 0 Å². The third-order valence-corrected chi connectivity index (χ3v) is 3.49. The van der Waals surface area contributed by atoms with Crippen molar-refractivity contribution in [2.24, 2.45) is 11.7 Å². The van der Waals surface area contributed by atoms with E-state index in [1.165, 1.54) is 17.9 Å². The van der Waals surface area contributed by atoms with Gasteiger partial charge in [0.05, 0.1) is 6.61 Å². The van der Waals surface area contributed by atoms with E-state index in [-0.39, 0.29) is 6.61 Å². The maximum Gasteiger partial charge on any atom is 0.0556 e. The minimum Gasteiger partial charge on any atom is -0.395 e. The largest absolute Gasteiger partial charge is 0.395 e. The molecular weight excluding hydrogens is 172 g/mol. The van der Waals surface area contributed by atoms with Crippen molar-refractivity contribution in [3.63, 3.8) is 0 Å². The molecule has 0 spiro atoms. The molecule has 0 aromatic rings. The van der Waals surface area contributed by atoms with Gasteiger partial charge in [-0.2, -0.15) is 11.8 Å². The molecular formula is C8H18N2OS. The highest BCUT2D eigenvalue weighted by Gasteiger charge is 2.23. The third kappa shape index (κ3) is 2.94. The highest BCUT2D eigenvalue weighted by molar-refractivity contribution is 7.99. The lowest BCUT2D eigenvalue weighted by Gasteiger charge is -2.22. The summed E-state index contributed by atoms with van der Waals surface area (Å²) in [6, 6.07) is 0.409. The van der Waals surface area contributed by atoms with Crippen LogP contribution in [0, 0.1) is 5.92 Å². The highest BCUT2D eigenvalue weighted by atomic mass is 32.2. The minimum absolute atomic E-state index is 0.205. The number of nitrogens with one attached hydrogen (secondary N) is 1. The Morgan fingerprint density at radius 3 is 3.00 bits per heavy atom. The number of thioether (sulfide) groups is 1. The predicted octanol–water partition coefficient (Wildman–Crippen LogP) is -0.351. The fraction of sp³-hybridized carbons (Fsp3) is 1.00. The van der Waals surface area contributed by atoms with E-state index in [0.717, 1.165) is 0 Å². The summed E-state index contributed by atoms with van der Waals surface area (Å²) in [5, 5.41) is 11.9. The second-order valence-corrected chi connectivity index (χ2v) is 4.29. The van der Waals surface area contributed by atoms with Crippen LogP contribution in [0.5, 0.6) is 0 Å². The van der Waals surface area contributed by atoms with Gasteiger partial charge in [0.2, 0.25) is 0 Å². The van der Waals surface area contributed by atoms with Crippen LogP contribution in [0.4, 0.5) is 0 Å². The number of nitrogens with two attached hydrogens (primary N) is 1. The fourth-order valence-electron chi connectivity index (χ4n) is 1.56. The van der Waals surface area contributed by atoms with E-state index in [9.17, 15) is 0 Å². The third-order valence-electron chi connectivity index (χ3n) is 2.31. The van der Waals surface area contributed by atoms with Crippen LogP contribution in [0.2, 0.25) is 0 Å². The average molecular weight is 190 g/mol. The number of hydrogen-bond donors (Lipinski definition) is 3. The Kier molecular flexibility index (Phi) is 4.99. The molecule has 2 atom stereocenters. The molecule has 4 heteroatoms. The van der Waals surface area contributed by atoms with Crippen molar-refractivity contribution in [3.05, 3.63) is 0 Å². The van der Waals surface area contributed by atoms with Crippen LogP contribution >= 0.6 is 11.8 Å². The van der Waals surface area contributed by atoms with Crippen LogP contribution in [0.3, 0.4) is 0 Å². The van der Waals surface area contributed by atoms with Gasteiger partial charge in [-0.15, -0.1) is 0 Å². The zero-order chi connectivity index (χ0) is 8.81. The molecule has 0 bridgehead atoms. The lowest BCUT2D eigenvalue weighted by Crippen LogP contribution is -2.43. The number of rotatable bonds is 5. The first-order valence-electron chi connectivity index (χ1n) is 4.50. The van der Waals surface area contributed by atoms with Gasteiger partial charge in [-0.1, -0.05) is 0 Å². The van der Waals surface area contributed by atoms with Gasteiger partial charge in [0.25, 0.3) is 0 Å². The van der Waals surface area contributed by atoms with Gasteiger partial charge in [-0.05, 0) is 23.8 Å². The van der Waals surface area contributed by atoms with Crippen molar-refractivity contribution >= 4 is 11.8 Å². The van der Waals surface area contributed by atoms with E-state index < -0.39 is 0 Å². The van der Waals surface area contributed by atoms with Gasteiger partial charge < -0.3 is 16.2 Å². The Morgan fingerprint density at radius 2 is 2.50 bits per heavy atom. The van der Waals surface area contributed by atoms with Crippen molar-refractivity contribution in [1.82, 2.24) is 5.32 Å². The van der Waals surface area contributed by atoms with Crippen LogP contribution < -0.4 is 11.1 Å². The van der Waals surface area contributed by atoms with Crippen LogP contribution in [0.1, 0.15) is 6.42 Å². The summed E-state index contributed by atoms with van der Waals surface area (Å²) in [5.41, 5.74) is 5.64. The van der Waals surface area contributed by atoms with E-state index >= 15 is 0 Å². The van der Waals surface area contributed by atoms with E-state index in [0.29, 0.717) is 25.0 Å². The normalized spacial score (nSPS) is 26.0. The monoisotopic (exact) mass is 190 g/mol. The van der Waals surface area contributed by atoms with Gasteiger partial charge in [0, 0.05) is 19.1 Å². The van der Waals surface area contributed by atoms with Crippen LogP contribution in [0.15, 0.2) is 0 Å². The maximum atomic E-state index is 8.64. The molecule has 72 valence electrons. The molecule has 0 amide bonds. The molecule has 0 aromatic heterocycles. The lowest BCUT2D eigenvalue weighted by molar-refractivity contribution is 0.272. The molecule has 4 N–H and O–H groups in total. The predicted molar refractivity (Wildman–Crippen MR) is 53.4 cm³/mol. The SMILES string of the molecule is NCC(NCCO)C1CCSC1. The molecule has 0 saturated carbocycles. The second kappa shape index (κ2) is 5.80. The second-order valence-electron chi connectivity index (χ2n) is 3.14. The number of aliphatic hydroxyl groups excluding tert-OH is 1. The first-order chi connectivity index (χ1) is 5.88. The van der Waals surface area contributed by atoms with Crippen LogP contribution in [0.25, 0.3) is 0 Å².